The molecule has 0 fully saturated rings. The lowest BCUT2D eigenvalue weighted by Crippen LogP contribution is -2.05. The van der Waals surface area contributed by atoms with Gasteiger partial charge < -0.3 is 9.47 Å². The summed E-state index contributed by atoms with van der Waals surface area (Å²) >= 11 is 0. The minimum absolute atomic E-state index is 0.654. The fourth-order valence-corrected chi connectivity index (χ4v) is 1.61. The molecular formula is C14H19NO2. The van der Waals surface area contributed by atoms with E-state index in [9.17, 15) is 0 Å². The third-order valence-corrected chi connectivity index (χ3v) is 2.37. The highest BCUT2D eigenvalue weighted by atomic mass is 16.5. The van der Waals surface area contributed by atoms with Crippen molar-refractivity contribution < 1.29 is 9.47 Å². The van der Waals surface area contributed by atoms with Crippen molar-refractivity contribution in [3.63, 3.8) is 0 Å². The normalized spacial score (nSPS) is 12.6. The number of allylic oxidation sites excluding steroid dienone is 1. The summed E-state index contributed by atoms with van der Waals surface area (Å²) in [5.74, 6) is 1.51. The Bertz CT molecular complexity index is 422. The van der Waals surface area contributed by atoms with Crippen LogP contribution in [0.15, 0.2) is 35.5 Å². The maximum absolute atomic E-state index is 5.23. The fraction of sp³-hybridized carbons (Fsp3) is 0.357. The zero-order valence-electron chi connectivity index (χ0n) is 10.9. The molecule has 3 nitrogen and oxygen atoms in total. The van der Waals surface area contributed by atoms with Gasteiger partial charge in [-0.05, 0) is 30.2 Å². The zero-order valence-corrected chi connectivity index (χ0v) is 10.9. The van der Waals surface area contributed by atoms with Gasteiger partial charge in [0.25, 0.3) is 0 Å². The van der Waals surface area contributed by atoms with Gasteiger partial charge in [-0.1, -0.05) is 19.9 Å². The first-order valence-corrected chi connectivity index (χ1v) is 5.79. The predicted octanol–water partition coefficient (Wildman–Crippen LogP) is 3.18. The van der Waals surface area contributed by atoms with Gasteiger partial charge in [0.05, 0.1) is 14.2 Å². The Hall–Kier alpha value is -1.77. The molecular weight excluding hydrogens is 214 g/mol. The van der Waals surface area contributed by atoms with Gasteiger partial charge in [0.15, 0.2) is 0 Å². The molecule has 0 aromatic heterocycles. The number of benzene rings is 1. The van der Waals surface area contributed by atoms with Crippen LogP contribution in [0.5, 0.6) is 5.75 Å². The molecule has 0 spiro atoms. The van der Waals surface area contributed by atoms with E-state index in [2.05, 4.69) is 4.99 Å². The average molecular weight is 233 g/mol. The van der Waals surface area contributed by atoms with Gasteiger partial charge >= 0.3 is 0 Å². The Balaban J connectivity index is 0.000000686. The highest BCUT2D eigenvalue weighted by molar-refractivity contribution is 5.96. The number of nitrogens with zero attached hydrogens (tertiary/aromatic N) is 1. The van der Waals surface area contributed by atoms with Gasteiger partial charge in [-0.25, -0.2) is 4.99 Å². The lowest BCUT2D eigenvalue weighted by atomic mass is 10.0. The summed E-state index contributed by atoms with van der Waals surface area (Å²) in [5, 5.41) is 0. The number of ether oxygens (including phenoxy) is 2. The SMILES string of the molecule is CC.COC1=NC=CCc2cc(OC)ccc21. The van der Waals surface area contributed by atoms with E-state index in [1.807, 2.05) is 38.1 Å². The van der Waals surface area contributed by atoms with Crippen LogP contribution in [0.2, 0.25) is 0 Å². The van der Waals surface area contributed by atoms with E-state index < -0.39 is 0 Å². The van der Waals surface area contributed by atoms with Gasteiger partial charge in [0.1, 0.15) is 5.75 Å². The van der Waals surface area contributed by atoms with E-state index in [1.165, 1.54) is 5.56 Å². The summed E-state index contributed by atoms with van der Waals surface area (Å²) in [6.45, 7) is 4.00. The molecule has 0 saturated heterocycles. The van der Waals surface area contributed by atoms with E-state index in [1.54, 1.807) is 20.4 Å². The molecule has 1 heterocycles. The highest BCUT2D eigenvalue weighted by Gasteiger charge is 2.11. The van der Waals surface area contributed by atoms with Crippen LogP contribution in [0, 0.1) is 0 Å². The van der Waals surface area contributed by atoms with Crippen LogP contribution in [0.4, 0.5) is 0 Å². The van der Waals surface area contributed by atoms with E-state index in [-0.39, 0.29) is 0 Å². The highest BCUT2D eigenvalue weighted by Crippen LogP contribution is 2.21. The Labute approximate surface area is 103 Å². The number of rotatable bonds is 1. The Morgan fingerprint density at radius 1 is 1.12 bits per heavy atom. The quantitative estimate of drug-likeness (QED) is 0.746. The van der Waals surface area contributed by atoms with Crippen molar-refractivity contribution in [1.82, 2.24) is 0 Å². The van der Waals surface area contributed by atoms with Crippen molar-refractivity contribution in [3.8, 4) is 5.75 Å². The van der Waals surface area contributed by atoms with Crippen LogP contribution in [0.1, 0.15) is 25.0 Å². The van der Waals surface area contributed by atoms with E-state index in [4.69, 9.17) is 9.47 Å². The minimum atomic E-state index is 0.654. The number of hydrogen-bond donors (Lipinski definition) is 0. The third kappa shape index (κ3) is 3.09. The fourth-order valence-electron chi connectivity index (χ4n) is 1.61. The Morgan fingerprint density at radius 2 is 1.88 bits per heavy atom. The summed E-state index contributed by atoms with van der Waals surface area (Å²) in [7, 11) is 3.30. The molecule has 3 heteroatoms. The molecule has 92 valence electrons. The first kappa shape index (κ1) is 13.3. The summed E-state index contributed by atoms with van der Waals surface area (Å²) in [4.78, 5) is 4.21. The van der Waals surface area contributed by atoms with Crippen molar-refractivity contribution in [2.24, 2.45) is 4.99 Å². The van der Waals surface area contributed by atoms with E-state index in [0.29, 0.717) is 5.90 Å². The Morgan fingerprint density at radius 3 is 2.53 bits per heavy atom. The van der Waals surface area contributed by atoms with Gasteiger partial charge in [0, 0.05) is 11.8 Å². The second-order valence-corrected chi connectivity index (χ2v) is 3.25. The largest absolute Gasteiger partial charge is 0.497 e. The van der Waals surface area contributed by atoms with Gasteiger partial charge in [-0.15, -0.1) is 0 Å². The van der Waals surface area contributed by atoms with Crippen molar-refractivity contribution >= 4 is 5.90 Å². The standard InChI is InChI=1S/C12H13NO2.C2H6/c1-14-10-5-6-11-9(8-10)4-3-7-13-12(11)15-2;1-2/h3,5-8H,4H2,1-2H3;1-2H3. The van der Waals surface area contributed by atoms with Crippen LogP contribution in [-0.2, 0) is 11.2 Å². The zero-order chi connectivity index (χ0) is 12.7. The van der Waals surface area contributed by atoms with Crippen LogP contribution >= 0.6 is 0 Å². The Kier molecular flexibility index (Phi) is 5.27. The molecule has 17 heavy (non-hydrogen) atoms. The van der Waals surface area contributed by atoms with Crippen molar-refractivity contribution in [2.45, 2.75) is 20.3 Å². The maximum Gasteiger partial charge on any atom is 0.220 e. The molecule has 0 bridgehead atoms. The number of methoxy groups -OCH3 is 2. The lowest BCUT2D eigenvalue weighted by Gasteiger charge is -2.09. The van der Waals surface area contributed by atoms with E-state index >= 15 is 0 Å². The summed E-state index contributed by atoms with van der Waals surface area (Å²) < 4.78 is 10.4. The summed E-state index contributed by atoms with van der Waals surface area (Å²) in [6.07, 6.45) is 4.62. The molecule has 0 N–H and O–H groups in total. The first-order valence-electron chi connectivity index (χ1n) is 5.79. The van der Waals surface area contributed by atoms with E-state index in [0.717, 1.165) is 17.7 Å². The average Bonchev–Trinajstić information content (AvgIpc) is 2.61. The minimum Gasteiger partial charge on any atom is -0.497 e. The van der Waals surface area contributed by atoms with Crippen molar-refractivity contribution in [1.29, 1.82) is 0 Å². The molecule has 0 radical (unpaired) electrons. The lowest BCUT2D eigenvalue weighted by molar-refractivity contribution is 0.403. The number of fused-ring (bicyclic) bond motifs is 1. The summed E-state index contributed by atoms with van der Waals surface area (Å²) in [5.41, 5.74) is 2.20. The first-order chi connectivity index (χ1) is 8.35. The predicted molar refractivity (Wildman–Crippen MR) is 70.7 cm³/mol. The molecule has 0 amide bonds. The van der Waals surface area contributed by atoms with Gasteiger partial charge in [0.2, 0.25) is 5.90 Å². The molecule has 0 saturated carbocycles. The molecule has 2 rings (SSSR count). The molecule has 1 aromatic rings. The molecule has 0 aliphatic carbocycles. The topological polar surface area (TPSA) is 30.8 Å². The van der Waals surface area contributed by atoms with Crippen molar-refractivity contribution in [2.75, 3.05) is 14.2 Å². The molecule has 0 atom stereocenters. The molecule has 1 aromatic carbocycles. The van der Waals surface area contributed by atoms with Gasteiger partial charge in [-0.3, -0.25) is 0 Å². The second kappa shape index (κ2) is 6.74. The number of hydrogen-bond acceptors (Lipinski definition) is 3. The van der Waals surface area contributed by atoms with Crippen LogP contribution in [-0.4, -0.2) is 20.1 Å². The smallest absolute Gasteiger partial charge is 0.220 e. The van der Waals surface area contributed by atoms with Crippen LogP contribution < -0.4 is 4.74 Å². The second-order valence-electron chi connectivity index (χ2n) is 3.25. The molecule has 1 aliphatic heterocycles. The number of aliphatic imine (C=N–C) groups is 1. The molecule has 0 unspecified atom stereocenters. The maximum atomic E-state index is 5.23. The van der Waals surface area contributed by atoms with Crippen LogP contribution in [0.3, 0.4) is 0 Å². The monoisotopic (exact) mass is 233 g/mol. The molecule has 1 aliphatic rings. The third-order valence-electron chi connectivity index (χ3n) is 2.37. The van der Waals surface area contributed by atoms with Gasteiger partial charge in [-0.2, -0.15) is 0 Å². The van der Waals surface area contributed by atoms with Crippen molar-refractivity contribution in [3.05, 3.63) is 41.6 Å². The van der Waals surface area contributed by atoms with Crippen LogP contribution in [0.25, 0.3) is 0 Å². The summed E-state index contributed by atoms with van der Waals surface area (Å²) in [6, 6.07) is 5.90.